The van der Waals surface area contributed by atoms with Crippen LogP contribution in [0.1, 0.15) is 12.6 Å². The monoisotopic (exact) mass is 286 g/mol. The third-order valence-corrected chi connectivity index (χ3v) is 3.03. The van der Waals surface area contributed by atoms with E-state index in [4.69, 9.17) is 27.8 Å². The van der Waals surface area contributed by atoms with Crippen LogP contribution in [0.2, 0.25) is 0 Å². The van der Waals surface area contributed by atoms with Gasteiger partial charge in [-0.3, -0.25) is 0 Å². The first-order valence-electron chi connectivity index (χ1n) is 6.11. The fourth-order valence-corrected chi connectivity index (χ4v) is 2.08. The predicted molar refractivity (Wildman–Crippen MR) is 75.0 cm³/mol. The van der Waals surface area contributed by atoms with Gasteiger partial charge in [0.05, 0.1) is 18.7 Å². The molecule has 1 unspecified atom stereocenters. The number of aliphatic hydroxyl groups excluding tert-OH is 1. The zero-order valence-electron chi connectivity index (χ0n) is 10.5. The summed E-state index contributed by atoms with van der Waals surface area (Å²) in [7, 11) is 0. The molecule has 9 heteroatoms. The molecule has 19 heavy (non-hydrogen) atoms. The van der Waals surface area contributed by atoms with E-state index in [1.54, 1.807) is 4.68 Å². The van der Waals surface area contributed by atoms with Crippen molar-refractivity contribution in [3.63, 3.8) is 0 Å². The Hall–Kier alpha value is -1.45. The summed E-state index contributed by atoms with van der Waals surface area (Å²) in [6, 6.07) is 0. The Morgan fingerprint density at radius 1 is 1.53 bits per heavy atom. The van der Waals surface area contributed by atoms with Crippen molar-refractivity contribution in [1.29, 1.82) is 0 Å². The van der Waals surface area contributed by atoms with Crippen LogP contribution in [0.15, 0.2) is 0 Å². The summed E-state index contributed by atoms with van der Waals surface area (Å²) >= 11 is 4.77. The molecule has 1 aromatic heterocycles. The van der Waals surface area contributed by atoms with E-state index < -0.39 is 0 Å². The zero-order valence-corrected chi connectivity index (χ0v) is 11.3. The number of nitrogens with zero attached hydrogens (tertiary/aromatic N) is 4. The molecule has 1 aromatic rings. The molecule has 0 aromatic carbocycles. The summed E-state index contributed by atoms with van der Waals surface area (Å²) in [5.74, 6) is 0.874. The summed E-state index contributed by atoms with van der Waals surface area (Å²) in [6.07, 6.45) is 0.160. The molecule has 1 aliphatic heterocycles. The molecular weight excluding hydrogens is 268 g/mol. The lowest BCUT2D eigenvalue weighted by Crippen LogP contribution is -2.37. The Morgan fingerprint density at radius 3 is 2.89 bits per heavy atom. The molecule has 0 spiro atoms. The molecule has 0 radical (unpaired) electrons. The number of aliphatic hydroxyl groups is 1. The molecule has 2 heterocycles. The highest BCUT2D eigenvalue weighted by molar-refractivity contribution is 7.78. The van der Waals surface area contributed by atoms with Gasteiger partial charge in [0.1, 0.15) is 6.17 Å². The van der Waals surface area contributed by atoms with Crippen molar-refractivity contribution in [2.24, 2.45) is 0 Å². The highest BCUT2D eigenvalue weighted by Gasteiger charge is 2.20. The molecule has 0 saturated carbocycles. The predicted octanol–water partition coefficient (Wildman–Crippen LogP) is -0.875. The van der Waals surface area contributed by atoms with Gasteiger partial charge in [0.2, 0.25) is 11.9 Å². The summed E-state index contributed by atoms with van der Waals surface area (Å²) in [4.78, 5) is 6.27. The lowest BCUT2D eigenvalue weighted by Gasteiger charge is -2.25. The van der Waals surface area contributed by atoms with Crippen LogP contribution in [0.25, 0.3) is 0 Å². The average Bonchev–Trinajstić information content (AvgIpc) is 2.82. The third-order valence-electron chi connectivity index (χ3n) is 2.90. The molecule has 2 rings (SSSR count). The van der Waals surface area contributed by atoms with Gasteiger partial charge in [-0.05, 0) is 0 Å². The van der Waals surface area contributed by atoms with E-state index in [-0.39, 0.29) is 12.8 Å². The molecule has 1 atom stereocenters. The molecule has 1 saturated heterocycles. The molecule has 4 N–H and O–H groups in total. The Bertz CT molecular complexity index is 420. The second-order valence-electron chi connectivity index (χ2n) is 4.13. The summed E-state index contributed by atoms with van der Waals surface area (Å²) in [5.41, 5.74) is 7.26. The van der Waals surface area contributed by atoms with Gasteiger partial charge in [-0.25, -0.2) is 4.68 Å². The topological polar surface area (TPSA) is 101 Å². The number of ether oxygens (including phenoxy) is 1. The molecule has 0 amide bonds. The van der Waals surface area contributed by atoms with E-state index in [1.807, 2.05) is 4.90 Å². The number of rotatable bonds is 6. The van der Waals surface area contributed by atoms with Crippen molar-refractivity contribution in [1.82, 2.24) is 20.1 Å². The molecule has 0 bridgehead atoms. The van der Waals surface area contributed by atoms with Crippen LogP contribution in [0, 0.1) is 0 Å². The summed E-state index contributed by atoms with van der Waals surface area (Å²) in [5, 5.41) is 16.4. The average molecular weight is 286 g/mol. The third kappa shape index (κ3) is 3.31. The molecule has 1 aliphatic rings. The van der Waals surface area contributed by atoms with Crippen LogP contribution in [0.5, 0.6) is 0 Å². The van der Waals surface area contributed by atoms with Crippen molar-refractivity contribution in [3.8, 4) is 0 Å². The molecule has 1 fully saturated rings. The fourth-order valence-electron chi connectivity index (χ4n) is 1.93. The number of hydrogen-bond acceptors (Lipinski definition) is 7. The van der Waals surface area contributed by atoms with E-state index >= 15 is 0 Å². The first-order valence-corrected chi connectivity index (χ1v) is 6.58. The molecule has 8 nitrogen and oxygen atoms in total. The number of morpholine rings is 1. The first-order chi connectivity index (χ1) is 9.26. The van der Waals surface area contributed by atoms with Crippen LogP contribution < -0.4 is 16.0 Å². The van der Waals surface area contributed by atoms with Gasteiger partial charge in [-0.15, -0.1) is 5.10 Å². The maximum atomic E-state index is 9.05. The van der Waals surface area contributed by atoms with E-state index in [2.05, 4.69) is 15.4 Å². The standard InChI is InChI=1S/C10H18N6O2S/c11-9-13-10(15-2-5-18-6-3-15)14-16(9)8(1-4-17)12-7-19/h7-8,17H,1-6H2,(H,12,19)(H2,11,13,14). The van der Waals surface area contributed by atoms with Gasteiger partial charge >= 0.3 is 0 Å². The van der Waals surface area contributed by atoms with E-state index in [1.165, 1.54) is 5.49 Å². The van der Waals surface area contributed by atoms with Crippen molar-refractivity contribution >= 4 is 29.6 Å². The van der Waals surface area contributed by atoms with E-state index in [0.29, 0.717) is 31.5 Å². The largest absolute Gasteiger partial charge is 0.396 e. The first kappa shape index (κ1) is 14.0. The number of nitrogen functional groups attached to an aromatic ring is 1. The Balaban J connectivity index is 2.15. The second kappa shape index (κ2) is 6.64. The Kier molecular flexibility index (Phi) is 4.88. The highest BCUT2D eigenvalue weighted by Crippen LogP contribution is 2.17. The number of hydrogen-bond donors (Lipinski definition) is 3. The summed E-state index contributed by atoms with van der Waals surface area (Å²) in [6.45, 7) is 2.82. The van der Waals surface area contributed by atoms with Crippen molar-refractivity contribution in [3.05, 3.63) is 0 Å². The van der Waals surface area contributed by atoms with Gasteiger partial charge < -0.3 is 25.8 Å². The molecule has 0 aliphatic carbocycles. The summed E-state index contributed by atoms with van der Waals surface area (Å²) < 4.78 is 6.83. The number of aromatic nitrogens is 3. The minimum Gasteiger partial charge on any atom is -0.396 e. The number of nitrogens with one attached hydrogen (secondary N) is 1. The van der Waals surface area contributed by atoms with Crippen LogP contribution >= 0.6 is 12.2 Å². The van der Waals surface area contributed by atoms with Crippen LogP contribution in [-0.2, 0) is 4.74 Å². The van der Waals surface area contributed by atoms with E-state index in [9.17, 15) is 0 Å². The van der Waals surface area contributed by atoms with Crippen molar-refractivity contribution < 1.29 is 9.84 Å². The van der Waals surface area contributed by atoms with Crippen LogP contribution in [0.4, 0.5) is 11.9 Å². The second-order valence-corrected chi connectivity index (χ2v) is 4.36. The molecular formula is C10H18N6O2S. The van der Waals surface area contributed by atoms with Crippen molar-refractivity contribution in [2.45, 2.75) is 12.6 Å². The maximum Gasteiger partial charge on any atom is 0.246 e. The quantitative estimate of drug-likeness (QED) is 0.580. The minimum absolute atomic E-state index is 0.00697. The smallest absolute Gasteiger partial charge is 0.246 e. The lowest BCUT2D eigenvalue weighted by atomic mass is 10.3. The normalized spacial score (nSPS) is 17.2. The number of nitrogens with two attached hydrogens (primary N) is 1. The van der Waals surface area contributed by atoms with Gasteiger partial charge in [0, 0.05) is 26.1 Å². The maximum absolute atomic E-state index is 9.05. The zero-order chi connectivity index (χ0) is 13.7. The Morgan fingerprint density at radius 2 is 2.26 bits per heavy atom. The lowest BCUT2D eigenvalue weighted by molar-refractivity contribution is 0.122. The van der Waals surface area contributed by atoms with Crippen LogP contribution in [-0.4, -0.2) is 58.3 Å². The SMILES string of the molecule is Nc1nc(N2CCOCC2)nn1C(CCO)NC=S. The van der Waals surface area contributed by atoms with Crippen molar-refractivity contribution in [2.75, 3.05) is 43.5 Å². The number of thiocarbonyl (C=S) groups is 1. The number of anilines is 2. The van der Waals surface area contributed by atoms with Gasteiger partial charge in [0.15, 0.2) is 0 Å². The highest BCUT2D eigenvalue weighted by atomic mass is 32.1. The minimum atomic E-state index is -0.287. The fraction of sp³-hybridized carbons (Fsp3) is 0.700. The van der Waals surface area contributed by atoms with E-state index in [0.717, 1.165) is 13.1 Å². The van der Waals surface area contributed by atoms with Gasteiger partial charge in [0.25, 0.3) is 0 Å². The molecule has 106 valence electrons. The Labute approximate surface area is 116 Å². The van der Waals surface area contributed by atoms with Gasteiger partial charge in [-0.2, -0.15) is 4.98 Å². The van der Waals surface area contributed by atoms with Gasteiger partial charge in [-0.1, -0.05) is 12.2 Å². The van der Waals surface area contributed by atoms with Crippen LogP contribution in [0.3, 0.4) is 0 Å².